The van der Waals surface area contributed by atoms with Gasteiger partial charge >= 0.3 is 0 Å². The molecule has 3 nitrogen and oxygen atoms in total. The second-order valence-electron chi connectivity index (χ2n) is 6.02. The van der Waals surface area contributed by atoms with Gasteiger partial charge in [0.15, 0.2) is 0 Å². The van der Waals surface area contributed by atoms with Crippen LogP contribution in [0.25, 0.3) is 0 Å². The maximum atomic E-state index is 5.42. The Labute approximate surface area is 106 Å². The molecule has 0 aromatic carbocycles. The number of rotatable bonds is 5. The van der Waals surface area contributed by atoms with Crippen LogP contribution in [0.5, 0.6) is 0 Å². The Morgan fingerprint density at radius 2 is 2.00 bits per heavy atom. The van der Waals surface area contributed by atoms with Crippen molar-refractivity contribution >= 4 is 0 Å². The highest BCUT2D eigenvalue weighted by Gasteiger charge is 2.25. The van der Waals surface area contributed by atoms with Gasteiger partial charge in [0.1, 0.15) is 0 Å². The predicted molar refractivity (Wildman–Crippen MR) is 71.0 cm³/mol. The van der Waals surface area contributed by atoms with Crippen molar-refractivity contribution in [1.82, 2.24) is 9.80 Å². The number of ether oxygens (including phenoxy) is 1. The van der Waals surface area contributed by atoms with Crippen molar-refractivity contribution < 1.29 is 4.74 Å². The van der Waals surface area contributed by atoms with Crippen LogP contribution in [0.4, 0.5) is 0 Å². The monoisotopic (exact) mass is 240 g/mol. The van der Waals surface area contributed by atoms with E-state index >= 15 is 0 Å². The Morgan fingerprint density at radius 1 is 1.18 bits per heavy atom. The first-order valence-electron chi connectivity index (χ1n) is 7.22. The van der Waals surface area contributed by atoms with Gasteiger partial charge in [0, 0.05) is 25.2 Å². The summed E-state index contributed by atoms with van der Waals surface area (Å²) in [6, 6.07) is 1.43. The Bertz CT molecular complexity index is 226. The standard InChI is InChI=1S/C14H28N2O/c1-12(2)15-7-6-14(10-15)5-4-13(3)16-8-9-17-11-16/h12-14H,4-11H2,1-3H3. The van der Waals surface area contributed by atoms with Gasteiger partial charge in [0.25, 0.3) is 0 Å². The van der Waals surface area contributed by atoms with E-state index in [0.29, 0.717) is 6.04 Å². The number of hydrogen-bond acceptors (Lipinski definition) is 3. The van der Waals surface area contributed by atoms with Gasteiger partial charge in [-0.25, -0.2) is 0 Å². The molecule has 2 heterocycles. The molecule has 2 rings (SSSR count). The van der Waals surface area contributed by atoms with E-state index in [4.69, 9.17) is 4.74 Å². The zero-order valence-electron chi connectivity index (χ0n) is 11.7. The average Bonchev–Trinajstić information content (AvgIpc) is 2.97. The van der Waals surface area contributed by atoms with Crippen LogP contribution in [0.15, 0.2) is 0 Å². The molecule has 0 amide bonds. The summed E-state index contributed by atoms with van der Waals surface area (Å²) < 4.78 is 5.42. The molecule has 2 atom stereocenters. The summed E-state index contributed by atoms with van der Waals surface area (Å²) >= 11 is 0. The smallest absolute Gasteiger partial charge is 0.0993 e. The van der Waals surface area contributed by atoms with Crippen LogP contribution in [0, 0.1) is 5.92 Å². The van der Waals surface area contributed by atoms with Gasteiger partial charge in [-0.15, -0.1) is 0 Å². The highest BCUT2D eigenvalue weighted by molar-refractivity contribution is 4.79. The van der Waals surface area contributed by atoms with Crippen molar-refractivity contribution in [1.29, 1.82) is 0 Å². The van der Waals surface area contributed by atoms with Crippen molar-refractivity contribution in [3.8, 4) is 0 Å². The van der Waals surface area contributed by atoms with Gasteiger partial charge in [-0.05, 0) is 52.5 Å². The predicted octanol–water partition coefficient (Wildman–Crippen LogP) is 2.18. The third-order valence-corrected chi connectivity index (χ3v) is 4.44. The lowest BCUT2D eigenvalue weighted by Crippen LogP contribution is -2.31. The molecule has 17 heavy (non-hydrogen) atoms. The van der Waals surface area contributed by atoms with Gasteiger partial charge < -0.3 is 9.64 Å². The summed E-state index contributed by atoms with van der Waals surface area (Å²) in [5.41, 5.74) is 0. The van der Waals surface area contributed by atoms with Gasteiger partial charge in [0.2, 0.25) is 0 Å². The van der Waals surface area contributed by atoms with Crippen molar-refractivity contribution in [2.24, 2.45) is 5.92 Å². The average molecular weight is 240 g/mol. The number of likely N-dealkylation sites (tertiary alicyclic amines) is 1. The lowest BCUT2D eigenvalue weighted by atomic mass is 9.99. The SMILES string of the molecule is CC(C)N1CCC(CCC(C)N2CCOC2)C1. The fourth-order valence-corrected chi connectivity index (χ4v) is 3.00. The lowest BCUT2D eigenvalue weighted by molar-refractivity contribution is 0.114. The summed E-state index contributed by atoms with van der Waals surface area (Å²) in [6.07, 6.45) is 4.13. The summed E-state index contributed by atoms with van der Waals surface area (Å²) in [4.78, 5) is 5.09. The second kappa shape index (κ2) is 6.17. The molecule has 2 aliphatic heterocycles. The molecule has 0 radical (unpaired) electrons. The second-order valence-corrected chi connectivity index (χ2v) is 6.02. The third-order valence-electron chi connectivity index (χ3n) is 4.44. The Hall–Kier alpha value is -0.120. The summed E-state index contributed by atoms with van der Waals surface area (Å²) in [5.74, 6) is 0.934. The lowest BCUT2D eigenvalue weighted by Gasteiger charge is -2.24. The molecular weight excluding hydrogens is 212 g/mol. The van der Waals surface area contributed by atoms with Crippen LogP contribution >= 0.6 is 0 Å². The van der Waals surface area contributed by atoms with Crippen molar-refractivity contribution in [2.75, 3.05) is 33.0 Å². The van der Waals surface area contributed by atoms with E-state index in [1.165, 1.54) is 32.4 Å². The van der Waals surface area contributed by atoms with Crippen LogP contribution in [-0.2, 0) is 4.74 Å². The van der Waals surface area contributed by atoms with E-state index in [-0.39, 0.29) is 0 Å². The molecule has 0 aromatic heterocycles. The molecule has 0 aromatic rings. The van der Waals surface area contributed by atoms with Crippen LogP contribution in [0.1, 0.15) is 40.0 Å². The van der Waals surface area contributed by atoms with E-state index < -0.39 is 0 Å². The third kappa shape index (κ3) is 3.67. The Morgan fingerprint density at radius 3 is 2.59 bits per heavy atom. The van der Waals surface area contributed by atoms with Crippen molar-refractivity contribution in [3.63, 3.8) is 0 Å². The van der Waals surface area contributed by atoms with Crippen LogP contribution < -0.4 is 0 Å². The topological polar surface area (TPSA) is 15.7 Å². The Balaban J connectivity index is 1.65. The highest BCUT2D eigenvalue weighted by atomic mass is 16.5. The molecule has 2 unspecified atom stereocenters. The summed E-state index contributed by atoms with van der Waals surface area (Å²) in [7, 11) is 0. The van der Waals surface area contributed by atoms with Crippen molar-refractivity contribution in [3.05, 3.63) is 0 Å². The van der Waals surface area contributed by atoms with E-state index in [1.54, 1.807) is 0 Å². The van der Waals surface area contributed by atoms with E-state index in [0.717, 1.165) is 31.8 Å². The minimum Gasteiger partial charge on any atom is -0.365 e. The molecule has 0 saturated carbocycles. The first kappa shape index (κ1) is 13.3. The molecule has 0 spiro atoms. The van der Waals surface area contributed by atoms with E-state index in [9.17, 15) is 0 Å². The van der Waals surface area contributed by atoms with E-state index in [1.807, 2.05) is 0 Å². The fourth-order valence-electron chi connectivity index (χ4n) is 3.00. The van der Waals surface area contributed by atoms with Crippen LogP contribution in [0.2, 0.25) is 0 Å². The van der Waals surface area contributed by atoms with Crippen LogP contribution in [-0.4, -0.2) is 54.9 Å². The molecular formula is C14H28N2O. The molecule has 0 aliphatic carbocycles. The first-order chi connectivity index (χ1) is 8.16. The summed E-state index contributed by atoms with van der Waals surface area (Å²) in [5, 5.41) is 0. The molecule has 0 bridgehead atoms. The quantitative estimate of drug-likeness (QED) is 0.732. The number of nitrogens with zero attached hydrogens (tertiary/aromatic N) is 2. The molecule has 0 N–H and O–H groups in total. The van der Waals surface area contributed by atoms with E-state index in [2.05, 4.69) is 30.6 Å². The fraction of sp³-hybridized carbons (Fsp3) is 1.00. The molecule has 2 saturated heterocycles. The van der Waals surface area contributed by atoms with Crippen molar-refractivity contribution in [2.45, 2.75) is 52.1 Å². The minimum absolute atomic E-state index is 0.700. The zero-order valence-corrected chi connectivity index (χ0v) is 11.7. The molecule has 2 aliphatic rings. The normalized spacial score (nSPS) is 29.3. The maximum absolute atomic E-state index is 5.42. The largest absolute Gasteiger partial charge is 0.365 e. The Kier molecular flexibility index (Phi) is 4.83. The van der Waals surface area contributed by atoms with Gasteiger partial charge in [-0.2, -0.15) is 0 Å². The van der Waals surface area contributed by atoms with Gasteiger partial charge in [-0.3, -0.25) is 4.90 Å². The molecule has 100 valence electrons. The minimum atomic E-state index is 0.700. The molecule has 3 heteroatoms. The first-order valence-corrected chi connectivity index (χ1v) is 7.22. The van der Waals surface area contributed by atoms with Gasteiger partial charge in [0.05, 0.1) is 13.3 Å². The highest BCUT2D eigenvalue weighted by Crippen LogP contribution is 2.24. The zero-order chi connectivity index (χ0) is 12.3. The number of hydrogen-bond donors (Lipinski definition) is 0. The van der Waals surface area contributed by atoms with Gasteiger partial charge in [-0.1, -0.05) is 0 Å². The maximum Gasteiger partial charge on any atom is 0.0993 e. The van der Waals surface area contributed by atoms with Crippen LogP contribution in [0.3, 0.4) is 0 Å². The summed E-state index contributed by atoms with van der Waals surface area (Å²) in [6.45, 7) is 12.5. The molecule has 2 fully saturated rings.